The maximum atomic E-state index is 5.45. The number of ether oxygens (including phenoxy) is 1. The average Bonchev–Trinajstić information content (AvgIpc) is 2.36. The summed E-state index contributed by atoms with van der Waals surface area (Å²) >= 11 is 0. The minimum Gasteiger partial charge on any atom is -0.494 e. The summed E-state index contributed by atoms with van der Waals surface area (Å²) in [6, 6.07) is 4.16. The van der Waals surface area contributed by atoms with Gasteiger partial charge in [0.25, 0.3) is 0 Å². The molecule has 0 N–H and O–H groups in total. The summed E-state index contributed by atoms with van der Waals surface area (Å²) in [5, 5.41) is 0. The number of hydrogen-bond donors (Lipinski definition) is 0. The van der Waals surface area contributed by atoms with Crippen LogP contribution < -0.4 is 4.74 Å². The normalized spacial score (nSPS) is 11.5. The molecule has 3 heteroatoms. The fraction of sp³-hybridized carbons (Fsp3) is 0.467. The van der Waals surface area contributed by atoms with E-state index in [4.69, 9.17) is 4.74 Å². The van der Waals surface area contributed by atoms with Crippen molar-refractivity contribution in [1.29, 1.82) is 0 Å². The van der Waals surface area contributed by atoms with Crippen LogP contribution in [0.25, 0.3) is 11.0 Å². The molecule has 18 heavy (non-hydrogen) atoms. The van der Waals surface area contributed by atoms with Crippen LogP contribution in [-0.2, 0) is 0 Å². The van der Waals surface area contributed by atoms with Crippen LogP contribution in [0.2, 0.25) is 0 Å². The molecule has 0 aliphatic heterocycles. The monoisotopic (exact) mass is 244 g/mol. The molecule has 96 valence electrons. The topological polar surface area (TPSA) is 35.0 Å². The molecule has 0 bridgehead atoms. The Morgan fingerprint density at radius 1 is 1.06 bits per heavy atom. The average molecular weight is 244 g/mol. The van der Waals surface area contributed by atoms with Crippen LogP contribution in [0.5, 0.6) is 5.75 Å². The second-order valence-electron chi connectivity index (χ2n) is 5.20. The van der Waals surface area contributed by atoms with E-state index >= 15 is 0 Å². The zero-order valence-corrected chi connectivity index (χ0v) is 11.7. The van der Waals surface area contributed by atoms with Gasteiger partial charge in [0.2, 0.25) is 0 Å². The van der Waals surface area contributed by atoms with E-state index in [-0.39, 0.29) is 0 Å². The Hall–Kier alpha value is -1.64. The maximum absolute atomic E-state index is 5.45. The lowest BCUT2D eigenvalue weighted by Gasteiger charge is -2.12. The first-order valence-corrected chi connectivity index (χ1v) is 6.37. The lowest BCUT2D eigenvalue weighted by molar-refractivity contribution is 0.418. The van der Waals surface area contributed by atoms with Crippen LogP contribution >= 0.6 is 0 Å². The van der Waals surface area contributed by atoms with E-state index < -0.39 is 0 Å². The van der Waals surface area contributed by atoms with E-state index in [0.29, 0.717) is 11.8 Å². The molecule has 0 atom stereocenters. The minimum atomic E-state index is 0.372. The first-order valence-electron chi connectivity index (χ1n) is 6.37. The summed E-state index contributed by atoms with van der Waals surface area (Å²) in [6.45, 7) is 8.56. The second-order valence-corrected chi connectivity index (χ2v) is 5.20. The summed E-state index contributed by atoms with van der Waals surface area (Å²) in [7, 11) is 1.68. The fourth-order valence-corrected chi connectivity index (χ4v) is 1.89. The summed E-state index contributed by atoms with van der Waals surface area (Å²) in [5.41, 5.74) is 3.99. The van der Waals surface area contributed by atoms with Gasteiger partial charge in [-0.25, -0.2) is 4.98 Å². The lowest BCUT2D eigenvalue weighted by Crippen LogP contribution is -1.99. The number of aromatic nitrogens is 2. The highest BCUT2D eigenvalue weighted by atomic mass is 16.5. The number of benzene rings is 1. The van der Waals surface area contributed by atoms with E-state index in [1.165, 1.54) is 5.56 Å². The van der Waals surface area contributed by atoms with Gasteiger partial charge in [-0.05, 0) is 29.5 Å². The van der Waals surface area contributed by atoms with Gasteiger partial charge in [-0.15, -0.1) is 0 Å². The van der Waals surface area contributed by atoms with Crippen molar-refractivity contribution in [2.45, 2.75) is 39.5 Å². The zero-order valence-electron chi connectivity index (χ0n) is 11.7. The van der Waals surface area contributed by atoms with Crippen molar-refractivity contribution in [3.05, 3.63) is 29.6 Å². The fourth-order valence-electron chi connectivity index (χ4n) is 1.89. The number of methoxy groups -OCH3 is 1. The second kappa shape index (κ2) is 4.92. The molecule has 0 radical (unpaired) electrons. The predicted octanol–water partition coefficient (Wildman–Crippen LogP) is 3.89. The van der Waals surface area contributed by atoms with Gasteiger partial charge >= 0.3 is 0 Å². The molecule has 1 heterocycles. The Kier molecular flexibility index (Phi) is 3.50. The molecular formula is C15H20N2O. The number of rotatable bonds is 3. The summed E-state index contributed by atoms with van der Waals surface area (Å²) in [4.78, 5) is 9.17. The van der Waals surface area contributed by atoms with Gasteiger partial charge in [-0.2, -0.15) is 0 Å². The Morgan fingerprint density at radius 2 is 1.78 bits per heavy atom. The highest BCUT2D eigenvalue weighted by Crippen LogP contribution is 2.29. The quantitative estimate of drug-likeness (QED) is 0.821. The smallest absolute Gasteiger partial charge is 0.146 e. The van der Waals surface area contributed by atoms with Gasteiger partial charge in [0.05, 0.1) is 18.3 Å². The van der Waals surface area contributed by atoms with E-state index in [2.05, 4.69) is 49.8 Å². The molecule has 1 aromatic carbocycles. The van der Waals surface area contributed by atoms with Crippen molar-refractivity contribution in [3.63, 3.8) is 0 Å². The van der Waals surface area contributed by atoms with E-state index in [1.807, 2.05) is 6.20 Å². The van der Waals surface area contributed by atoms with Crippen molar-refractivity contribution < 1.29 is 4.74 Å². The van der Waals surface area contributed by atoms with Gasteiger partial charge in [-0.1, -0.05) is 27.7 Å². The molecule has 0 saturated carbocycles. The van der Waals surface area contributed by atoms with Crippen LogP contribution in [0.1, 0.15) is 50.8 Å². The largest absolute Gasteiger partial charge is 0.494 e. The van der Waals surface area contributed by atoms with Crippen LogP contribution in [0.15, 0.2) is 18.3 Å². The molecule has 3 nitrogen and oxygen atoms in total. The lowest BCUT2D eigenvalue weighted by atomic mass is 10.0. The molecule has 2 rings (SSSR count). The third-order valence-corrected chi connectivity index (χ3v) is 3.13. The van der Waals surface area contributed by atoms with Gasteiger partial charge < -0.3 is 4.74 Å². The predicted molar refractivity (Wildman–Crippen MR) is 74.3 cm³/mol. The highest BCUT2D eigenvalue weighted by molar-refractivity contribution is 5.82. The van der Waals surface area contributed by atoms with Crippen molar-refractivity contribution in [3.8, 4) is 5.75 Å². The Labute approximate surface area is 108 Å². The number of fused-ring (bicyclic) bond motifs is 1. The zero-order chi connectivity index (χ0) is 13.3. The molecule has 0 aliphatic carbocycles. The van der Waals surface area contributed by atoms with E-state index in [0.717, 1.165) is 22.5 Å². The molecule has 0 amide bonds. The van der Waals surface area contributed by atoms with Crippen LogP contribution in [0.3, 0.4) is 0 Å². The molecular weight excluding hydrogens is 224 g/mol. The number of hydrogen-bond acceptors (Lipinski definition) is 3. The van der Waals surface area contributed by atoms with Crippen molar-refractivity contribution in [2.24, 2.45) is 0 Å². The van der Waals surface area contributed by atoms with E-state index in [9.17, 15) is 0 Å². The van der Waals surface area contributed by atoms with Crippen LogP contribution in [0.4, 0.5) is 0 Å². The minimum absolute atomic E-state index is 0.372. The van der Waals surface area contributed by atoms with Crippen molar-refractivity contribution in [2.75, 3.05) is 7.11 Å². The molecule has 0 aliphatic rings. The molecule has 2 aromatic rings. The van der Waals surface area contributed by atoms with Crippen LogP contribution in [-0.4, -0.2) is 17.1 Å². The Morgan fingerprint density at radius 3 is 2.33 bits per heavy atom. The van der Waals surface area contributed by atoms with Gasteiger partial charge in [0.1, 0.15) is 11.3 Å². The van der Waals surface area contributed by atoms with Gasteiger partial charge in [-0.3, -0.25) is 4.98 Å². The van der Waals surface area contributed by atoms with Crippen molar-refractivity contribution in [1.82, 2.24) is 9.97 Å². The third-order valence-electron chi connectivity index (χ3n) is 3.13. The SMILES string of the molecule is COc1cc(C(C)C)cc2ncc(C(C)C)nc12. The Bertz CT molecular complexity index is 562. The third kappa shape index (κ3) is 2.30. The molecule has 0 spiro atoms. The molecule has 0 unspecified atom stereocenters. The van der Waals surface area contributed by atoms with E-state index in [1.54, 1.807) is 7.11 Å². The van der Waals surface area contributed by atoms with Gasteiger partial charge in [0.15, 0.2) is 0 Å². The molecule has 0 saturated heterocycles. The van der Waals surface area contributed by atoms with Gasteiger partial charge in [0, 0.05) is 6.20 Å². The maximum Gasteiger partial charge on any atom is 0.146 e. The first-order chi connectivity index (χ1) is 8.52. The molecule has 1 aromatic heterocycles. The number of nitrogens with zero attached hydrogens (tertiary/aromatic N) is 2. The summed E-state index contributed by atoms with van der Waals surface area (Å²) in [6.07, 6.45) is 1.86. The first kappa shape index (κ1) is 12.8. The highest BCUT2D eigenvalue weighted by Gasteiger charge is 2.11. The summed E-state index contributed by atoms with van der Waals surface area (Å²) in [5.74, 6) is 1.64. The Balaban J connectivity index is 2.67. The molecule has 0 fully saturated rings. The summed E-state index contributed by atoms with van der Waals surface area (Å²) < 4.78 is 5.45. The van der Waals surface area contributed by atoms with Crippen molar-refractivity contribution >= 4 is 11.0 Å². The standard InChI is InChI=1S/C15H20N2O/c1-9(2)11-6-12-15(14(7-11)18-5)17-13(8-16-12)10(3)4/h6-10H,1-5H3. The van der Waals surface area contributed by atoms with Crippen LogP contribution in [0, 0.1) is 0 Å².